The SMILES string of the molecule is CNC(=O)C(NCCC(c1ccc(C(F)(F)F)cc1)c1sc(C)nc1C)(c1ccccc1)C(C(N)=O)c1ccccc1. The molecule has 3 aromatic carbocycles. The lowest BCUT2D eigenvalue weighted by Crippen LogP contribution is -2.60. The summed E-state index contributed by atoms with van der Waals surface area (Å²) in [6.07, 6.45) is -4.05. The standard InChI is InChI=1S/C32H33F3N4O2S/c1-20-28(42-21(2)39-20)26(22-14-16-25(17-15-22)32(33,34)35)18-19-38-31(30(41)37-3,24-12-8-5-9-13-24)27(29(36)40)23-10-6-4-7-11-23/h4-17,26-27,38H,18-19H2,1-3H3,(H2,36,40)(H,37,41). The van der Waals surface area contributed by atoms with Crippen LogP contribution < -0.4 is 16.4 Å². The number of hydrogen-bond donors (Lipinski definition) is 3. The van der Waals surface area contributed by atoms with Crippen molar-refractivity contribution in [3.63, 3.8) is 0 Å². The highest BCUT2D eigenvalue weighted by Gasteiger charge is 2.50. The van der Waals surface area contributed by atoms with Crippen LogP contribution in [0, 0.1) is 13.8 Å². The average Bonchev–Trinajstić information content (AvgIpc) is 3.31. The summed E-state index contributed by atoms with van der Waals surface area (Å²) < 4.78 is 39.9. The lowest BCUT2D eigenvalue weighted by molar-refractivity contribution is -0.137. The molecule has 4 N–H and O–H groups in total. The van der Waals surface area contributed by atoms with E-state index in [1.807, 2.05) is 26.0 Å². The zero-order chi connectivity index (χ0) is 30.5. The number of alkyl halides is 3. The number of amides is 2. The van der Waals surface area contributed by atoms with Gasteiger partial charge < -0.3 is 11.1 Å². The van der Waals surface area contributed by atoms with Crippen molar-refractivity contribution in [1.29, 1.82) is 0 Å². The van der Waals surface area contributed by atoms with E-state index in [-0.39, 0.29) is 12.5 Å². The normalized spacial score (nSPS) is 14.5. The number of carbonyl (C=O) groups is 2. The van der Waals surface area contributed by atoms with Crippen LogP contribution in [0.4, 0.5) is 13.2 Å². The maximum absolute atomic E-state index is 13.9. The first-order valence-electron chi connectivity index (χ1n) is 13.5. The van der Waals surface area contributed by atoms with Crippen molar-refractivity contribution >= 4 is 23.2 Å². The largest absolute Gasteiger partial charge is 0.416 e. The van der Waals surface area contributed by atoms with E-state index in [0.29, 0.717) is 23.1 Å². The number of aryl methyl sites for hydroxylation is 2. The lowest BCUT2D eigenvalue weighted by Gasteiger charge is -2.39. The molecule has 3 atom stereocenters. The second-order valence-corrected chi connectivity index (χ2v) is 11.3. The van der Waals surface area contributed by atoms with E-state index in [4.69, 9.17) is 5.73 Å². The van der Waals surface area contributed by atoms with Crippen LogP contribution in [-0.2, 0) is 21.3 Å². The molecule has 0 spiro atoms. The third-order valence-corrected chi connectivity index (χ3v) is 8.58. The number of hydrogen-bond acceptors (Lipinski definition) is 5. The van der Waals surface area contributed by atoms with E-state index >= 15 is 0 Å². The number of nitrogens with zero attached hydrogens (tertiary/aromatic N) is 1. The minimum Gasteiger partial charge on any atom is -0.369 e. The summed E-state index contributed by atoms with van der Waals surface area (Å²) in [5, 5.41) is 6.97. The Kier molecular flexibility index (Phi) is 9.48. The predicted molar refractivity (Wildman–Crippen MR) is 158 cm³/mol. The Bertz CT molecular complexity index is 1510. The number of benzene rings is 3. The summed E-state index contributed by atoms with van der Waals surface area (Å²) in [4.78, 5) is 32.5. The molecule has 0 radical (unpaired) electrons. The van der Waals surface area contributed by atoms with E-state index < -0.39 is 35.0 Å². The van der Waals surface area contributed by atoms with Crippen molar-refractivity contribution in [2.24, 2.45) is 5.73 Å². The van der Waals surface area contributed by atoms with Crippen molar-refractivity contribution in [3.05, 3.63) is 123 Å². The van der Waals surface area contributed by atoms with Gasteiger partial charge in [-0.15, -0.1) is 11.3 Å². The van der Waals surface area contributed by atoms with Gasteiger partial charge in [0, 0.05) is 17.8 Å². The molecule has 1 aromatic heterocycles. The number of thiazole rings is 1. The summed E-state index contributed by atoms with van der Waals surface area (Å²) in [6, 6.07) is 22.9. The number of carbonyl (C=O) groups excluding carboxylic acids is 2. The van der Waals surface area contributed by atoms with Gasteiger partial charge in [0.2, 0.25) is 11.8 Å². The van der Waals surface area contributed by atoms with Crippen molar-refractivity contribution in [3.8, 4) is 0 Å². The minimum atomic E-state index is -4.45. The third-order valence-electron chi connectivity index (χ3n) is 7.40. The number of nitrogens with one attached hydrogen (secondary N) is 2. The molecule has 1 heterocycles. The number of likely N-dealkylation sites (N-methyl/N-ethyl adjacent to an activating group) is 1. The highest BCUT2D eigenvalue weighted by molar-refractivity contribution is 7.11. The Hall–Kier alpha value is -4.02. The van der Waals surface area contributed by atoms with Gasteiger partial charge in [0.05, 0.1) is 22.2 Å². The third kappa shape index (κ3) is 6.39. The molecule has 0 saturated carbocycles. The zero-order valence-corrected chi connectivity index (χ0v) is 24.4. The van der Waals surface area contributed by atoms with E-state index in [0.717, 1.165) is 27.7 Å². The summed E-state index contributed by atoms with van der Waals surface area (Å²) >= 11 is 1.49. The van der Waals surface area contributed by atoms with Gasteiger partial charge >= 0.3 is 6.18 Å². The zero-order valence-electron chi connectivity index (χ0n) is 23.5. The van der Waals surface area contributed by atoms with Crippen LogP contribution in [0.1, 0.15) is 56.1 Å². The van der Waals surface area contributed by atoms with Gasteiger partial charge in [-0.1, -0.05) is 72.8 Å². The summed E-state index contributed by atoms with van der Waals surface area (Å²) in [5.74, 6) is -2.52. The van der Waals surface area contributed by atoms with Gasteiger partial charge in [0.1, 0.15) is 5.54 Å². The van der Waals surface area contributed by atoms with Gasteiger partial charge in [0.15, 0.2) is 0 Å². The molecular weight excluding hydrogens is 561 g/mol. The number of nitrogens with two attached hydrogens (primary N) is 1. The van der Waals surface area contributed by atoms with E-state index in [9.17, 15) is 22.8 Å². The van der Waals surface area contributed by atoms with Crippen molar-refractivity contribution in [1.82, 2.24) is 15.6 Å². The second kappa shape index (κ2) is 12.9. The first kappa shape index (κ1) is 30.9. The molecule has 0 bridgehead atoms. The van der Waals surface area contributed by atoms with Crippen LogP contribution in [0.15, 0.2) is 84.9 Å². The summed E-state index contributed by atoms with van der Waals surface area (Å²) in [5.41, 5.74) is 6.31. The highest BCUT2D eigenvalue weighted by atomic mass is 32.1. The summed E-state index contributed by atoms with van der Waals surface area (Å²) in [6.45, 7) is 3.98. The quantitative estimate of drug-likeness (QED) is 0.205. The van der Waals surface area contributed by atoms with Crippen LogP contribution in [0.5, 0.6) is 0 Å². The Labute approximate surface area is 247 Å². The van der Waals surface area contributed by atoms with Gasteiger partial charge in [-0.3, -0.25) is 14.9 Å². The van der Waals surface area contributed by atoms with E-state index in [1.54, 1.807) is 48.5 Å². The topological polar surface area (TPSA) is 97.1 Å². The van der Waals surface area contributed by atoms with Crippen LogP contribution in [0.25, 0.3) is 0 Å². The average molecular weight is 595 g/mol. The first-order chi connectivity index (χ1) is 20.0. The Morgan fingerprint density at radius 3 is 1.98 bits per heavy atom. The fourth-order valence-corrected chi connectivity index (χ4v) is 6.61. The Balaban J connectivity index is 1.78. The molecule has 0 fully saturated rings. The van der Waals surface area contributed by atoms with Gasteiger partial charge in [-0.25, -0.2) is 4.98 Å². The molecule has 220 valence electrons. The molecular formula is C32H33F3N4O2S. The maximum atomic E-state index is 13.9. The smallest absolute Gasteiger partial charge is 0.369 e. The van der Waals surface area contributed by atoms with Crippen LogP contribution >= 0.6 is 11.3 Å². The Morgan fingerprint density at radius 1 is 0.881 bits per heavy atom. The van der Waals surface area contributed by atoms with Gasteiger partial charge in [-0.05, 0) is 55.6 Å². The molecule has 6 nitrogen and oxygen atoms in total. The van der Waals surface area contributed by atoms with Crippen LogP contribution in [0.2, 0.25) is 0 Å². The van der Waals surface area contributed by atoms with Crippen molar-refractivity contribution in [2.75, 3.05) is 13.6 Å². The molecule has 3 unspecified atom stereocenters. The maximum Gasteiger partial charge on any atom is 0.416 e. The Morgan fingerprint density at radius 2 is 1.48 bits per heavy atom. The first-order valence-corrected chi connectivity index (χ1v) is 14.3. The molecule has 2 amide bonds. The number of halogens is 3. The molecule has 4 aromatic rings. The molecule has 4 rings (SSSR count). The fourth-order valence-electron chi connectivity index (χ4n) is 5.52. The van der Waals surface area contributed by atoms with Crippen LogP contribution in [0.3, 0.4) is 0 Å². The van der Waals surface area contributed by atoms with Crippen molar-refractivity contribution in [2.45, 2.75) is 43.8 Å². The molecule has 0 aliphatic rings. The molecule has 0 saturated heterocycles. The van der Waals surface area contributed by atoms with Crippen LogP contribution in [-0.4, -0.2) is 30.4 Å². The molecule has 10 heteroatoms. The second-order valence-electron chi connectivity index (χ2n) is 10.1. The van der Waals surface area contributed by atoms with Gasteiger partial charge in [0.25, 0.3) is 0 Å². The minimum absolute atomic E-state index is 0.223. The number of aromatic nitrogens is 1. The van der Waals surface area contributed by atoms with Gasteiger partial charge in [-0.2, -0.15) is 13.2 Å². The molecule has 0 aliphatic heterocycles. The highest BCUT2D eigenvalue weighted by Crippen LogP contribution is 2.40. The monoisotopic (exact) mass is 594 g/mol. The predicted octanol–water partition coefficient (Wildman–Crippen LogP) is 5.80. The number of rotatable bonds is 11. The fraction of sp³-hybridized carbons (Fsp3) is 0.281. The molecule has 0 aliphatic carbocycles. The lowest BCUT2D eigenvalue weighted by atomic mass is 9.72. The van der Waals surface area contributed by atoms with E-state index in [2.05, 4.69) is 15.6 Å². The summed E-state index contributed by atoms with van der Waals surface area (Å²) in [7, 11) is 1.50. The van der Waals surface area contributed by atoms with Crippen molar-refractivity contribution < 1.29 is 22.8 Å². The van der Waals surface area contributed by atoms with E-state index in [1.165, 1.54) is 30.5 Å². The molecule has 42 heavy (non-hydrogen) atoms. The number of primary amides is 1.